The van der Waals surface area contributed by atoms with Gasteiger partial charge in [0.05, 0.1) is 18.7 Å². The van der Waals surface area contributed by atoms with Crippen molar-refractivity contribution >= 4 is 5.97 Å². The second kappa shape index (κ2) is 7.35. The molecule has 2 aromatic rings. The van der Waals surface area contributed by atoms with Crippen LogP contribution < -0.4 is 4.74 Å². The van der Waals surface area contributed by atoms with Gasteiger partial charge in [0.25, 0.3) is 0 Å². The molecule has 2 aromatic carbocycles. The highest BCUT2D eigenvalue weighted by atomic mass is 16.5. The number of methoxy groups -OCH3 is 1. The van der Waals surface area contributed by atoms with Crippen LogP contribution in [0.15, 0.2) is 54.6 Å². The molecular formula is C23H27NO3. The van der Waals surface area contributed by atoms with E-state index in [1.807, 2.05) is 24.3 Å². The van der Waals surface area contributed by atoms with Gasteiger partial charge in [0, 0.05) is 11.5 Å². The van der Waals surface area contributed by atoms with Gasteiger partial charge in [-0.25, -0.2) is 4.79 Å². The molecule has 2 aliphatic rings. The van der Waals surface area contributed by atoms with Crippen LogP contribution in [0.5, 0.6) is 5.75 Å². The largest absolute Gasteiger partial charge is 0.497 e. The van der Waals surface area contributed by atoms with Crippen molar-refractivity contribution in [1.82, 2.24) is 4.90 Å². The number of hydrogen-bond acceptors (Lipinski definition) is 4. The Bertz CT molecular complexity index is 806. The number of likely N-dealkylation sites (tertiary alicyclic amines) is 1. The number of ether oxygens (including phenoxy) is 2. The minimum Gasteiger partial charge on any atom is -0.497 e. The molecular weight excluding hydrogens is 338 g/mol. The lowest BCUT2D eigenvalue weighted by Gasteiger charge is -2.38. The molecule has 0 unspecified atom stereocenters. The van der Waals surface area contributed by atoms with Crippen LogP contribution in [-0.2, 0) is 10.2 Å². The number of nitrogens with zero attached hydrogens (tertiary/aromatic N) is 1. The molecule has 4 nitrogen and oxygen atoms in total. The molecule has 0 N–H and O–H groups in total. The fourth-order valence-corrected chi connectivity index (χ4v) is 5.05. The maximum atomic E-state index is 12.5. The van der Waals surface area contributed by atoms with Crippen molar-refractivity contribution in [1.29, 1.82) is 0 Å². The molecule has 1 saturated carbocycles. The molecule has 2 fully saturated rings. The summed E-state index contributed by atoms with van der Waals surface area (Å²) in [6, 6.07) is 18.4. The zero-order valence-electron chi connectivity index (χ0n) is 16.1. The van der Waals surface area contributed by atoms with Crippen LogP contribution in [0.25, 0.3) is 0 Å². The Labute approximate surface area is 161 Å². The van der Waals surface area contributed by atoms with Crippen LogP contribution in [-0.4, -0.2) is 43.7 Å². The van der Waals surface area contributed by atoms with Gasteiger partial charge in [0.2, 0.25) is 0 Å². The van der Waals surface area contributed by atoms with E-state index in [4.69, 9.17) is 9.47 Å². The van der Waals surface area contributed by atoms with Crippen LogP contribution >= 0.6 is 0 Å². The van der Waals surface area contributed by atoms with Gasteiger partial charge in [0.1, 0.15) is 12.4 Å². The molecule has 2 bridgehead atoms. The fraction of sp³-hybridized carbons (Fsp3) is 0.435. The molecule has 0 spiro atoms. The van der Waals surface area contributed by atoms with Gasteiger partial charge < -0.3 is 9.47 Å². The van der Waals surface area contributed by atoms with Crippen molar-refractivity contribution in [2.24, 2.45) is 0 Å². The van der Waals surface area contributed by atoms with Crippen LogP contribution in [0.1, 0.15) is 41.6 Å². The van der Waals surface area contributed by atoms with Gasteiger partial charge in [-0.1, -0.05) is 36.8 Å². The highest BCUT2D eigenvalue weighted by Gasteiger charge is 2.54. The van der Waals surface area contributed by atoms with Gasteiger partial charge in [-0.05, 0) is 56.1 Å². The van der Waals surface area contributed by atoms with Crippen molar-refractivity contribution in [2.75, 3.05) is 20.8 Å². The lowest BCUT2D eigenvalue weighted by Crippen LogP contribution is -2.44. The van der Waals surface area contributed by atoms with E-state index in [0.717, 1.165) is 18.6 Å². The van der Waals surface area contributed by atoms with Crippen molar-refractivity contribution in [3.8, 4) is 5.75 Å². The van der Waals surface area contributed by atoms with Crippen molar-refractivity contribution in [2.45, 2.75) is 43.2 Å². The first kappa shape index (κ1) is 18.1. The van der Waals surface area contributed by atoms with Crippen LogP contribution in [0.2, 0.25) is 0 Å². The van der Waals surface area contributed by atoms with E-state index in [-0.39, 0.29) is 17.4 Å². The van der Waals surface area contributed by atoms with Gasteiger partial charge in [-0.2, -0.15) is 0 Å². The molecule has 1 saturated heterocycles. The Morgan fingerprint density at radius 2 is 2.00 bits per heavy atom. The Morgan fingerprint density at radius 1 is 1.19 bits per heavy atom. The maximum absolute atomic E-state index is 12.5. The third-order valence-corrected chi connectivity index (χ3v) is 6.49. The third-order valence-electron chi connectivity index (χ3n) is 6.49. The average Bonchev–Trinajstić information content (AvgIpc) is 2.92. The molecule has 1 aliphatic carbocycles. The van der Waals surface area contributed by atoms with E-state index in [2.05, 4.69) is 30.1 Å². The smallest absolute Gasteiger partial charge is 0.338 e. The minimum absolute atomic E-state index is 0.0170. The average molecular weight is 365 g/mol. The number of hydrogen-bond donors (Lipinski definition) is 0. The Morgan fingerprint density at radius 3 is 2.78 bits per heavy atom. The van der Waals surface area contributed by atoms with E-state index in [0.29, 0.717) is 18.2 Å². The zero-order valence-corrected chi connectivity index (χ0v) is 16.1. The first-order chi connectivity index (χ1) is 13.1. The zero-order chi connectivity index (χ0) is 18.9. The Kier molecular flexibility index (Phi) is 4.92. The molecule has 0 aromatic heterocycles. The van der Waals surface area contributed by atoms with Gasteiger partial charge in [-0.15, -0.1) is 0 Å². The summed E-state index contributed by atoms with van der Waals surface area (Å²) in [4.78, 5) is 14.9. The summed E-state index contributed by atoms with van der Waals surface area (Å²) in [6.07, 6.45) is 4.65. The lowest BCUT2D eigenvalue weighted by molar-refractivity contribution is 0.0348. The predicted molar refractivity (Wildman–Crippen MR) is 105 cm³/mol. The molecule has 1 heterocycles. The van der Waals surface area contributed by atoms with Crippen molar-refractivity contribution in [3.63, 3.8) is 0 Å². The summed E-state index contributed by atoms with van der Waals surface area (Å²) >= 11 is 0. The molecule has 1 aliphatic heterocycles. The quantitative estimate of drug-likeness (QED) is 0.750. The first-order valence-corrected chi connectivity index (χ1v) is 9.73. The third kappa shape index (κ3) is 3.23. The van der Waals surface area contributed by atoms with Crippen molar-refractivity contribution < 1.29 is 14.3 Å². The Hall–Kier alpha value is -2.33. The first-order valence-electron chi connectivity index (χ1n) is 9.73. The fourth-order valence-electron chi connectivity index (χ4n) is 5.05. The summed E-state index contributed by atoms with van der Waals surface area (Å²) in [5.41, 5.74) is 1.93. The number of rotatable bonds is 5. The predicted octanol–water partition coefficient (Wildman–Crippen LogP) is 4.05. The number of carbonyl (C=O) groups is 1. The molecule has 142 valence electrons. The van der Waals surface area contributed by atoms with E-state index >= 15 is 0 Å². The van der Waals surface area contributed by atoms with E-state index in [9.17, 15) is 4.79 Å². The van der Waals surface area contributed by atoms with Crippen molar-refractivity contribution in [3.05, 3.63) is 65.7 Å². The van der Waals surface area contributed by atoms with Crippen LogP contribution in [0, 0.1) is 0 Å². The normalized spacial score (nSPS) is 27.3. The lowest BCUT2D eigenvalue weighted by atomic mass is 9.67. The molecule has 4 rings (SSSR count). The summed E-state index contributed by atoms with van der Waals surface area (Å²) in [5, 5.41) is 0. The van der Waals surface area contributed by atoms with E-state index < -0.39 is 0 Å². The summed E-state index contributed by atoms with van der Waals surface area (Å²) in [6.45, 7) is 0.415. The number of carbonyl (C=O) groups excluding carboxylic acids is 1. The van der Waals surface area contributed by atoms with Crippen LogP contribution in [0.4, 0.5) is 0 Å². The Balaban J connectivity index is 1.60. The number of esters is 1. The summed E-state index contributed by atoms with van der Waals surface area (Å²) in [7, 11) is 3.89. The van der Waals surface area contributed by atoms with E-state index in [1.165, 1.54) is 18.4 Å². The summed E-state index contributed by atoms with van der Waals surface area (Å²) in [5.74, 6) is 0.643. The second-order valence-corrected chi connectivity index (χ2v) is 7.78. The molecule has 0 radical (unpaired) electrons. The van der Waals surface area contributed by atoms with E-state index in [1.54, 1.807) is 19.2 Å². The van der Waals surface area contributed by atoms with Gasteiger partial charge >= 0.3 is 5.97 Å². The maximum Gasteiger partial charge on any atom is 0.338 e. The number of benzene rings is 2. The number of fused-ring (bicyclic) bond motifs is 2. The second-order valence-electron chi connectivity index (χ2n) is 7.78. The highest BCUT2D eigenvalue weighted by molar-refractivity contribution is 5.89. The minimum atomic E-state index is -0.244. The summed E-state index contributed by atoms with van der Waals surface area (Å²) < 4.78 is 11.2. The standard InChI is InChI=1S/C23H27NO3/c1-24-19-11-7-13-23(15-19,18-10-6-12-20(14-18)26-2)21(24)16-27-22(25)17-8-4-3-5-9-17/h3-6,8-10,12,14,19,21H,7,11,13,15-16H2,1-2H3/t19-,21+,23+/m1/s1. The molecule has 27 heavy (non-hydrogen) atoms. The SMILES string of the molecule is COc1cccc([C@]23CCC[C@H](C2)N(C)[C@H]3COC(=O)c2ccccc2)c1. The molecule has 3 atom stereocenters. The highest BCUT2D eigenvalue weighted by Crippen LogP contribution is 2.51. The van der Waals surface area contributed by atoms with Gasteiger partial charge in [-0.3, -0.25) is 4.90 Å². The topological polar surface area (TPSA) is 38.8 Å². The molecule has 0 amide bonds. The van der Waals surface area contributed by atoms with Gasteiger partial charge in [0.15, 0.2) is 0 Å². The monoisotopic (exact) mass is 365 g/mol. The number of likely N-dealkylation sites (N-methyl/N-ethyl adjacent to an activating group) is 1. The molecule has 4 heteroatoms. The van der Waals surface area contributed by atoms with Crippen LogP contribution in [0.3, 0.4) is 0 Å².